The first-order valence-electron chi connectivity index (χ1n) is 10.1. The Morgan fingerprint density at radius 1 is 1.14 bits per heavy atom. The van der Waals surface area contributed by atoms with E-state index in [1.165, 1.54) is 4.90 Å². The van der Waals surface area contributed by atoms with Crippen molar-refractivity contribution in [3.8, 4) is 0 Å². The molecule has 4 rings (SSSR count). The van der Waals surface area contributed by atoms with Gasteiger partial charge in [-0.15, -0.1) is 0 Å². The summed E-state index contributed by atoms with van der Waals surface area (Å²) in [7, 11) is 0. The highest BCUT2D eigenvalue weighted by atomic mass is 32.1. The number of carbonyl (C=O) groups excluding carboxylic acids is 1. The quantitative estimate of drug-likeness (QED) is 0.504. The smallest absolute Gasteiger partial charge is 0.296 e. The molecule has 2 heterocycles. The number of aromatic nitrogens is 1. The van der Waals surface area contributed by atoms with Crippen molar-refractivity contribution in [1.29, 1.82) is 0 Å². The van der Waals surface area contributed by atoms with E-state index in [1.54, 1.807) is 16.2 Å². The van der Waals surface area contributed by atoms with E-state index in [9.17, 15) is 4.79 Å². The maximum absolute atomic E-state index is 13.5. The van der Waals surface area contributed by atoms with Crippen LogP contribution in [0.25, 0.3) is 21.2 Å². The summed E-state index contributed by atoms with van der Waals surface area (Å²) in [5.41, 5.74) is 2.81. The van der Waals surface area contributed by atoms with E-state index in [1.807, 2.05) is 36.4 Å². The van der Waals surface area contributed by atoms with Crippen LogP contribution in [0.15, 0.2) is 52.9 Å². The number of anilines is 1. The van der Waals surface area contributed by atoms with E-state index in [-0.39, 0.29) is 5.91 Å². The Balaban J connectivity index is 1.72. The number of nitrogens with one attached hydrogen (secondary N) is 1. The molecule has 4 aromatic rings. The van der Waals surface area contributed by atoms with Crippen LogP contribution >= 0.6 is 11.3 Å². The van der Waals surface area contributed by atoms with Gasteiger partial charge in [0, 0.05) is 5.39 Å². The lowest BCUT2D eigenvalue weighted by Crippen LogP contribution is -3.12. The zero-order valence-electron chi connectivity index (χ0n) is 17.1. The van der Waals surface area contributed by atoms with Gasteiger partial charge in [0.2, 0.25) is 0 Å². The fraction of sp³-hybridized carbons (Fsp3) is 0.304. The van der Waals surface area contributed by atoms with Crippen molar-refractivity contribution in [3.05, 3.63) is 59.9 Å². The normalized spacial score (nSPS) is 11.6. The minimum Gasteiger partial charge on any atom is -0.451 e. The number of benzene rings is 2. The van der Waals surface area contributed by atoms with Crippen LogP contribution < -0.4 is 9.80 Å². The first-order valence-corrected chi connectivity index (χ1v) is 10.9. The third-order valence-electron chi connectivity index (χ3n) is 5.41. The highest BCUT2D eigenvalue weighted by molar-refractivity contribution is 7.22. The molecule has 6 heteroatoms. The number of carbonyl (C=O) groups is 1. The molecule has 0 aliphatic carbocycles. The Morgan fingerprint density at radius 3 is 2.66 bits per heavy atom. The molecule has 0 unspecified atom stereocenters. The predicted octanol–water partition coefficient (Wildman–Crippen LogP) is 3.92. The molecular weight excluding hydrogens is 382 g/mol. The second kappa shape index (κ2) is 8.35. The fourth-order valence-electron chi connectivity index (χ4n) is 3.57. The van der Waals surface area contributed by atoms with Gasteiger partial charge < -0.3 is 9.32 Å². The molecular formula is C23H26N3O2S+. The van der Waals surface area contributed by atoms with Crippen LogP contribution in [-0.4, -0.2) is 37.1 Å². The molecule has 2 aromatic heterocycles. The lowest BCUT2D eigenvalue weighted by Gasteiger charge is -2.22. The van der Waals surface area contributed by atoms with Crippen molar-refractivity contribution in [2.45, 2.75) is 20.8 Å². The van der Waals surface area contributed by atoms with Crippen molar-refractivity contribution < 1.29 is 14.1 Å². The Kier molecular flexibility index (Phi) is 5.65. The summed E-state index contributed by atoms with van der Waals surface area (Å²) in [5, 5.41) is 1.66. The van der Waals surface area contributed by atoms with Crippen LogP contribution in [0.1, 0.15) is 30.0 Å². The second-order valence-corrected chi connectivity index (χ2v) is 8.24. The topological polar surface area (TPSA) is 50.8 Å². The second-order valence-electron chi connectivity index (χ2n) is 7.23. The summed E-state index contributed by atoms with van der Waals surface area (Å²) in [6.07, 6.45) is 0. The van der Waals surface area contributed by atoms with Crippen LogP contribution in [0.5, 0.6) is 0 Å². The standard InChI is InChI=1S/C23H25N3O2S/c1-4-25(5-2)13-14-26(23-24-21-16(3)9-8-12-20(21)29-23)22(27)19-15-17-10-6-7-11-18(17)28-19/h6-12,15H,4-5,13-14H2,1-3H3/p+1. The predicted molar refractivity (Wildman–Crippen MR) is 119 cm³/mol. The molecule has 0 spiro atoms. The van der Waals surface area contributed by atoms with Crippen LogP contribution in [0.2, 0.25) is 0 Å². The molecule has 0 aliphatic heterocycles. The SMILES string of the molecule is CC[NH+](CC)CCN(C(=O)c1cc2ccccc2o1)c1nc2c(C)cccc2s1. The number of amides is 1. The van der Waals surface area contributed by atoms with Crippen molar-refractivity contribution in [3.63, 3.8) is 0 Å². The fourth-order valence-corrected chi connectivity index (χ4v) is 4.64. The lowest BCUT2D eigenvalue weighted by atomic mass is 10.2. The molecule has 0 atom stereocenters. The van der Waals surface area contributed by atoms with Crippen molar-refractivity contribution >= 4 is 43.6 Å². The maximum atomic E-state index is 13.5. The number of hydrogen-bond donors (Lipinski definition) is 1. The lowest BCUT2D eigenvalue weighted by molar-refractivity contribution is -0.894. The minimum atomic E-state index is -0.135. The van der Waals surface area contributed by atoms with Gasteiger partial charge in [0.1, 0.15) is 5.58 Å². The summed E-state index contributed by atoms with van der Waals surface area (Å²) in [6, 6.07) is 15.7. The molecule has 0 radical (unpaired) electrons. The van der Waals surface area contributed by atoms with Gasteiger partial charge in [0.25, 0.3) is 5.91 Å². The number of fused-ring (bicyclic) bond motifs is 2. The van der Waals surface area contributed by atoms with Gasteiger partial charge in [-0.05, 0) is 44.5 Å². The Hall–Kier alpha value is -2.70. The van der Waals surface area contributed by atoms with Gasteiger partial charge in [-0.2, -0.15) is 0 Å². The molecule has 1 amide bonds. The van der Waals surface area contributed by atoms with Gasteiger partial charge >= 0.3 is 0 Å². The first kappa shape index (κ1) is 19.6. The molecule has 0 fully saturated rings. The van der Waals surface area contributed by atoms with Crippen molar-refractivity contribution in [1.82, 2.24) is 4.98 Å². The van der Waals surface area contributed by atoms with Gasteiger partial charge in [-0.1, -0.05) is 41.7 Å². The van der Waals surface area contributed by atoms with E-state index < -0.39 is 0 Å². The third kappa shape index (κ3) is 3.91. The number of para-hydroxylation sites is 2. The third-order valence-corrected chi connectivity index (χ3v) is 6.45. The number of nitrogens with zero attached hydrogens (tertiary/aromatic N) is 2. The Labute approximate surface area is 174 Å². The molecule has 0 saturated carbocycles. The summed E-state index contributed by atoms with van der Waals surface area (Å²) in [5.74, 6) is 0.223. The monoisotopic (exact) mass is 408 g/mol. The largest absolute Gasteiger partial charge is 0.451 e. The van der Waals surface area contributed by atoms with Gasteiger partial charge in [0.15, 0.2) is 10.9 Å². The highest BCUT2D eigenvalue weighted by Gasteiger charge is 2.25. The summed E-state index contributed by atoms with van der Waals surface area (Å²) >= 11 is 1.56. The molecule has 2 aromatic carbocycles. The van der Waals surface area contributed by atoms with Crippen LogP contribution in [0.4, 0.5) is 5.13 Å². The van der Waals surface area contributed by atoms with Crippen LogP contribution in [-0.2, 0) is 0 Å². The minimum absolute atomic E-state index is 0.135. The molecule has 0 bridgehead atoms. The van der Waals surface area contributed by atoms with Crippen LogP contribution in [0, 0.1) is 6.92 Å². The number of aryl methyl sites for hydroxylation is 1. The highest BCUT2D eigenvalue weighted by Crippen LogP contribution is 2.31. The Bertz CT molecular complexity index is 1110. The molecule has 5 nitrogen and oxygen atoms in total. The number of thiazole rings is 1. The van der Waals surface area contributed by atoms with E-state index in [4.69, 9.17) is 9.40 Å². The van der Waals surface area contributed by atoms with Crippen molar-refractivity contribution in [2.75, 3.05) is 31.1 Å². The van der Waals surface area contributed by atoms with Gasteiger partial charge in [-0.25, -0.2) is 4.98 Å². The summed E-state index contributed by atoms with van der Waals surface area (Å²) in [6.45, 7) is 9.93. The van der Waals surface area contributed by atoms with E-state index in [2.05, 4.69) is 32.9 Å². The maximum Gasteiger partial charge on any atom is 0.296 e. The number of hydrogen-bond acceptors (Lipinski definition) is 4. The van der Waals surface area contributed by atoms with Gasteiger partial charge in [0.05, 0.1) is 36.4 Å². The molecule has 150 valence electrons. The van der Waals surface area contributed by atoms with E-state index >= 15 is 0 Å². The van der Waals surface area contributed by atoms with E-state index in [0.717, 1.165) is 51.5 Å². The number of furan rings is 1. The Morgan fingerprint density at radius 2 is 1.93 bits per heavy atom. The number of rotatable bonds is 7. The molecule has 1 N–H and O–H groups in total. The average Bonchev–Trinajstić information content (AvgIpc) is 3.36. The van der Waals surface area contributed by atoms with Gasteiger partial charge in [-0.3, -0.25) is 9.69 Å². The summed E-state index contributed by atoms with van der Waals surface area (Å²) in [4.78, 5) is 21.5. The summed E-state index contributed by atoms with van der Waals surface area (Å²) < 4.78 is 6.96. The number of likely N-dealkylation sites (N-methyl/N-ethyl adjacent to an activating group) is 1. The molecule has 0 saturated heterocycles. The van der Waals surface area contributed by atoms with E-state index in [0.29, 0.717) is 12.3 Å². The molecule has 29 heavy (non-hydrogen) atoms. The van der Waals surface area contributed by atoms with Crippen molar-refractivity contribution in [2.24, 2.45) is 0 Å². The van der Waals surface area contributed by atoms with Crippen LogP contribution in [0.3, 0.4) is 0 Å². The first-order chi connectivity index (χ1) is 14.1. The number of quaternary nitrogens is 1. The average molecular weight is 409 g/mol. The zero-order valence-corrected chi connectivity index (χ0v) is 17.9. The zero-order chi connectivity index (χ0) is 20.4. The molecule has 0 aliphatic rings.